The van der Waals surface area contributed by atoms with Crippen LogP contribution in [-0.2, 0) is 0 Å². The molecule has 0 atom stereocenters. The fraction of sp³-hybridized carbons (Fsp3) is 0.364. The molecule has 0 aliphatic heterocycles. The highest BCUT2D eigenvalue weighted by atomic mass is 79.9. The third kappa shape index (κ3) is 3.19. The van der Waals surface area contributed by atoms with Crippen LogP contribution in [0.4, 0.5) is 10.1 Å². The largest absolute Gasteiger partial charge is 0.383 e. The van der Waals surface area contributed by atoms with Gasteiger partial charge in [0.25, 0.3) is 0 Å². The molecule has 0 saturated carbocycles. The van der Waals surface area contributed by atoms with E-state index in [1.807, 2.05) is 6.07 Å². The highest BCUT2D eigenvalue weighted by Gasteiger charge is 2.10. The Labute approximate surface area is 103 Å². The molecule has 0 saturated heterocycles. The maximum absolute atomic E-state index is 13.7. The van der Waals surface area contributed by atoms with Crippen molar-refractivity contribution in [3.05, 3.63) is 28.0 Å². The molecule has 3 nitrogen and oxygen atoms in total. The van der Waals surface area contributed by atoms with Crippen molar-refractivity contribution in [2.24, 2.45) is 5.73 Å². The number of unbranched alkanes of at least 4 members (excludes halogenated alkanes) is 1. The predicted octanol–water partition coefficient (Wildman–Crippen LogP) is 2.61. The molecular weight excluding hydrogens is 273 g/mol. The zero-order valence-electron chi connectivity index (χ0n) is 8.76. The maximum atomic E-state index is 13.7. The van der Waals surface area contributed by atoms with Gasteiger partial charge in [-0.1, -0.05) is 0 Å². The molecule has 0 radical (unpaired) electrons. The van der Waals surface area contributed by atoms with Crippen LogP contribution in [0.25, 0.3) is 0 Å². The van der Waals surface area contributed by atoms with E-state index in [9.17, 15) is 4.39 Å². The quantitative estimate of drug-likeness (QED) is 0.818. The molecule has 1 aromatic carbocycles. The van der Waals surface area contributed by atoms with Gasteiger partial charge in [-0.15, -0.1) is 0 Å². The maximum Gasteiger partial charge on any atom is 0.161 e. The second kappa shape index (κ2) is 6.46. The van der Waals surface area contributed by atoms with Gasteiger partial charge in [0, 0.05) is 6.54 Å². The first-order chi connectivity index (χ1) is 7.70. The standard InChI is InChI=1S/C11H13BrFN3/c12-10-8(7-15)3-4-9(11(10)13)16-6-2-1-5-14/h3-4,16H,1-2,5-6,14H2. The van der Waals surface area contributed by atoms with Gasteiger partial charge in [-0.05, 0) is 47.4 Å². The van der Waals surface area contributed by atoms with Gasteiger partial charge in [-0.2, -0.15) is 5.26 Å². The van der Waals surface area contributed by atoms with Crippen molar-refractivity contribution in [1.29, 1.82) is 5.26 Å². The van der Waals surface area contributed by atoms with Gasteiger partial charge in [-0.3, -0.25) is 0 Å². The van der Waals surface area contributed by atoms with Crippen LogP contribution in [0.3, 0.4) is 0 Å². The van der Waals surface area contributed by atoms with E-state index in [1.54, 1.807) is 12.1 Å². The predicted molar refractivity (Wildman–Crippen MR) is 65.6 cm³/mol. The van der Waals surface area contributed by atoms with Gasteiger partial charge in [0.2, 0.25) is 0 Å². The minimum atomic E-state index is -0.424. The molecule has 1 rings (SSSR count). The molecule has 0 unspecified atom stereocenters. The first-order valence-corrected chi connectivity index (χ1v) is 5.82. The molecule has 1 aromatic rings. The fourth-order valence-corrected chi connectivity index (χ4v) is 1.70. The van der Waals surface area contributed by atoms with E-state index >= 15 is 0 Å². The van der Waals surface area contributed by atoms with Crippen LogP contribution in [0.15, 0.2) is 16.6 Å². The summed E-state index contributed by atoms with van der Waals surface area (Å²) in [6.45, 7) is 1.31. The number of hydrogen-bond acceptors (Lipinski definition) is 3. The smallest absolute Gasteiger partial charge is 0.161 e. The number of halogens is 2. The van der Waals surface area contributed by atoms with Gasteiger partial charge in [-0.25, -0.2) is 4.39 Å². The Kier molecular flexibility index (Phi) is 5.23. The Bertz CT molecular complexity index is 401. The van der Waals surface area contributed by atoms with E-state index in [0.717, 1.165) is 12.8 Å². The Morgan fingerprint density at radius 3 is 2.81 bits per heavy atom. The van der Waals surface area contributed by atoms with Gasteiger partial charge >= 0.3 is 0 Å². The van der Waals surface area contributed by atoms with Crippen LogP contribution in [0.2, 0.25) is 0 Å². The number of anilines is 1. The molecule has 0 bridgehead atoms. The van der Waals surface area contributed by atoms with Crippen LogP contribution in [0.5, 0.6) is 0 Å². The lowest BCUT2D eigenvalue weighted by molar-refractivity contribution is 0.622. The second-order valence-electron chi connectivity index (χ2n) is 3.32. The summed E-state index contributed by atoms with van der Waals surface area (Å²) < 4.78 is 13.9. The third-order valence-corrected chi connectivity index (χ3v) is 2.92. The first kappa shape index (κ1) is 12.9. The molecule has 5 heteroatoms. The van der Waals surface area contributed by atoms with Crippen molar-refractivity contribution in [2.45, 2.75) is 12.8 Å². The Morgan fingerprint density at radius 2 is 2.19 bits per heavy atom. The summed E-state index contributed by atoms with van der Waals surface area (Å²) in [5.74, 6) is -0.424. The highest BCUT2D eigenvalue weighted by molar-refractivity contribution is 9.10. The minimum Gasteiger partial charge on any atom is -0.383 e. The SMILES string of the molecule is N#Cc1ccc(NCCCCN)c(F)c1Br. The van der Waals surface area contributed by atoms with E-state index in [2.05, 4.69) is 21.2 Å². The summed E-state index contributed by atoms with van der Waals surface area (Å²) in [5, 5.41) is 11.7. The van der Waals surface area contributed by atoms with Crippen molar-refractivity contribution in [3.8, 4) is 6.07 Å². The average molecular weight is 286 g/mol. The summed E-state index contributed by atoms with van der Waals surface area (Å²) in [6, 6.07) is 5.06. The highest BCUT2D eigenvalue weighted by Crippen LogP contribution is 2.26. The summed E-state index contributed by atoms with van der Waals surface area (Å²) >= 11 is 3.06. The molecule has 3 N–H and O–H groups in total. The van der Waals surface area contributed by atoms with Crippen LogP contribution in [-0.4, -0.2) is 13.1 Å². The number of nitriles is 1. The Balaban J connectivity index is 2.68. The van der Waals surface area contributed by atoms with Gasteiger partial charge in [0.05, 0.1) is 15.7 Å². The monoisotopic (exact) mass is 285 g/mol. The van der Waals surface area contributed by atoms with E-state index in [1.165, 1.54) is 0 Å². The number of nitrogens with zero attached hydrogens (tertiary/aromatic N) is 1. The zero-order valence-corrected chi connectivity index (χ0v) is 10.3. The molecular formula is C11H13BrFN3. The third-order valence-electron chi connectivity index (χ3n) is 2.15. The van der Waals surface area contributed by atoms with Crippen molar-refractivity contribution >= 4 is 21.6 Å². The molecule has 0 fully saturated rings. The van der Waals surface area contributed by atoms with Crippen LogP contribution < -0.4 is 11.1 Å². The molecule has 0 spiro atoms. The lowest BCUT2D eigenvalue weighted by Crippen LogP contribution is -2.07. The van der Waals surface area contributed by atoms with Gasteiger partial charge in [0.1, 0.15) is 6.07 Å². The van der Waals surface area contributed by atoms with Crippen LogP contribution in [0.1, 0.15) is 18.4 Å². The van der Waals surface area contributed by atoms with Crippen molar-refractivity contribution in [3.63, 3.8) is 0 Å². The minimum absolute atomic E-state index is 0.207. The van der Waals surface area contributed by atoms with Crippen LogP contribution >= 0.6 is 15.9 Å². The lowest BCUT2D eigenvalue weighted by atomic mass is 10.2. The molecule has 0 aliphatic carbocycles. The molecule has 0 aromatic heterocycles. The van der Waals surface area contributed by atoms with E-state index in [-0.39, 0.29) is 4.47 Å². The van der Waals surface area contributed by atoms with Gasteiger partial charge < -0.3 is 11.1 Å². The lowest BCUT2D eigenvalue weighted by Gasteiger charge is -2.08. The number of hydrogen-bond donors (Lipinski definition) is 2. The average Bonchev–Trinajstić information content (AvgIpc) is 2.30. The normalized spacial score (nSPS) is 9.88. The number of nitrogens with one attached hydrogen (secondary N) is 1. The van der Waals surface area contributed by atoms with E-state index in [4.69, 9.17) is 11.0 Å². The molecule has 0 heterocycles. The summed E-state index contributed by atoms with van der Waals surface area (Å²) in [7, 11) is 0. The number of benzene rings is 1. The van der Waals surface area contributed by atoms with E-state index < -0.39 is 5.82 Å². The van der Waals surface area contributed by atoms with Crippen molar-refractivity contribution in [2.75, 3.05) is 18.4 Å². The van der Waals surface area contributed by atoms with E-state index in [0.29, 0.717) is 24.3 Å². The topological polar surface area (TPSA) is 61.8 Å². The van der Waals surface area contributed by atoms with Crippen LogP contribution in [0, 0.1) is 17.1 Å². The number of nitrogens with two attached hydrogens (primary N) is 1. The second-order valence-corrected chi connectivity index (χ2v) is 4.12. The van der Waals surface area contributed by atoms with Crippen molar-refractivity contribution in [1.82, 2.24) is 0 Å². The summed E-state index contributed by atoms with van der Waals surface area (Å²) in [4.78, 5) is 0. The van der Waals surface area contributed by atoms with Crippen molar-refractivity contribution < 1.29 is 4.39 Å². The molecule has 0 aliphatic rings. The Hall–Kier alpha value is -1.12. The molecule has 0 amide bonds. The molecule has 16 heavy (non-hydrogen) atoms. The zero-order chi connectivity index (χ0) is 12.0. The fourth-order valence-electron chi connectivity index (χ4n) is 1.26. The number of rotatable bonds is 5. The van der Waals surface area contributed by atoms with Gasteiger partial charge in [0.15, 0.2) is 5.82 Å². The molecule has 86 valence electrons. The first-order valence-electron chi connectivity index (χ1n) is 5.02. The Morgan fingerprint density at radius 1 is 1.44 bits per heavy atom. The summed E-state index contributed by atoms with van der Waals surface area (Å²) in [6.07, 6.45) is 1.81. The summed E-state index contributed by atoms with van der Waals surface area (Å²) in [5.41, 5.74) is 6.06.